The lowest BCUT2D eigenvalue weighted by molar-refractivity contribution is 0.647. The van der Waals surface area contributed by atoms with Gasteiger partial charge in [0.25, 0.3) is 0 Å². The third-order valence-electron chi connectivity index (χ3n) is 6.67. The first kappa shape index (κ1) is 18.3. The van der Waals surface area contributed by atoms with Crippen molar-refractivity contribution in [3.05, 3.63) is 107 Å². The van der Waals surface area contributed by atoms with Crippen LogP contribution in [0.4, 0.5) is 11.4 Å². The second-order valence-electron chi connectivity index (χ2n) is 8.87. The molecule has 0 spiro atoms. The van der Waals surface area contributed by atoms with Crippen LogP contribution in [0.2, 0.25) is 0 Å². The Balaban J connectivity index is 1.43. The van der Waals surface area contributed by atoms with Gasteiger partial charge >= 0.3 is 0 Å². The summed E-state index contributed by atoms with van der Waals surface area (Å²) < 4.78 is 0. The van der Waals surface area contributed by atoms with Crippen molar-refractivity contribution in [1.82, 2.24) is 0 Å². The second-order valence-corrected chi connectivity index (χ2v) is 8.87. The molecule has 0 unspecified atom stereocenters. The van der Waals surface area contributed by atoms with Crippen LogP contribution >= 0.6 is 0 Å². The van der Waals surface area contributed by atoms with Gasteiger partial charge in [-0.05, 0) is 82.6 Å². The van der Waals surface area contributed by atoms with Crippen molar-refractivity contribution >= 4 is 11.4 Å². The summed E-state index contributed by atoms with van der Waals surface area (Å²) in [6.45, 7) is 7.43. The zero-order valence-electron chi connectivity index (χ0n) is 18.1. The summed E-state index contributed by atoms with van der Waals surface area (Å²) in [6, 6.07) is 31.0. The molecule has 0 fully saturated rings. The van der Waals surface area contributed by atoms with Gasteiger partial charge in [0, 0.05) is 24.5 Å². The van der Waals surface area contributed by atoms with E-state index in [9.17, 15) is 0 Å². The minimum atomic E-state index is 0.964. The van der Waals surface area contributed by atoms with E-state index in [4.69, 9.17) is 0 Å². The molecule has 2 heterocycles. The molecule has 2 bridgehead atoms. The predicted octanol–water partition coefficient (Wildman–Crippen LogP) is 6.94. The van der Waals surface area contributed by atoms with Crippen LogP contribution in [0, 0.1) is 13.8 Å². The minimum absolute atomic E-state index is 0.964. The molecule has 0 amide bonds. The summed E-state index contributed by atoms with van der Waals surface area (Å²) in [4.78, 5) is 5.11. The van der Waals surface area contributed by atoms with Crippen molar-refractivity contribution in [1.29, 1.82) is 0 Å². The van der Waals surface area contributed by atoms with Crippen LogP contribution in [0.5, 0.6) is 0 Å². The molecule has 0 N–H and O–H groups in total. The highest BCUT2D eigenvalue weighted by Gasteiger charge is 2.32. The molecule has 0 aliphatic carbocycles. The van der Waals surface area contributed by atoms with Gasteiger partial charge in [-0.25, -0.2) is 0 Å². The number of hydrogen-bond donors (Lipinski definition) is 0. The monoisotopic (exact) mass is 402 g/mol. The maximum absolute atomic E-state index is 2.56. The van der Waals surface area contributed by atoms with Gasteiger partial charge in [0.1, 0.15) is 0 Å². The molecule has 152 valence electrons. The van der Waals surface area contributed by atoms with Gasteiger partial charge < -0.3 is 9.80 Å². The average molecular weight is 403 g/mol. The molecule has 0 saturated carbocycles. The molecule has 0 aromatic heterocycles. The number of hydrogen-bond acceptors (Lipinski definition) is 2. The summed E-state index contributed by atoms with van der Waals surface area (Å²) in [6.07, 6.45) is 0. The normalized spacial score (nSPS) is 14.3. The van der Waals surface area contributed by atoms with Crippen LogP contribution in [-0.2, 0) is 13.1 Å². The van der Waals surface area contributed by atoms with Crippen LogP contribution < -0.4 is 9.80 Å². The maximum Gasteiger partial charge on any atom is 0.0910 e. The number of anilines is 2. The summed E-state index contributed by atoms with van der Waals surface area (Å²) >= 11 is 0. The highest BCUT2D eigenvalue weighted by molar-refractivity contribution is 5.79. The number of fused-ring (bicyclic) bond motifs is 6. The number of aryl methyl sites for hydroxylation is 2. The topological polar surface area (TPSA) is 6.48 Å². The quantitative estimate of drug-likeness (QED) is 0.358. The molecule has 0 atom stereocenters. The summed E-state index contributed by atoms with van der Waals surface area (Å²) in [7, 11) is 0. The van der Waals surface area contributed by atoms with Crippen LogP contribution in [0.25, 0.3) is 22.3 Å². The molecule has 6 rings (SSSR count). The van der Waals surface area contributed by atoms with Gasteiger partial charge in [-0.2, -0.15) is 0 Å². The molecule has 4 aromatic carbocycles. The van der Waals surface area contributed by atoms with Crippen LogP contribution in [0.15, 0.2) is 84.9 Å². The third-order valence-corrected chi connectivity index (χ3v) is 6.67. The molecule has 0 radical (unpaired) electrons. The van der Waals surface area contributed by atoms with Crippen molar-refractivity contribution in [2.45, 2.75) is 26.9 Å². The largest absolute Gasteiger partial charge is 0.349 e. The molecule has 0 saturated heterocycles. The molecular weight excluding hydrogens is 376 g/mol. The van der Waals surface area contributed by atoms with E-state index < -0.39 is 0 Å². The smallest absolute Gasteiger partial charge is 0.0910 e. The first-order valence-electron chi connectivity index (χ1n) is 11.0. The Morgan fingerprint density at radius 1 is 0.516 bits per heavy atom. The lowest BCUT2D eigenvalue weighted by atomic mass is 9.91. The fraction of sp³-hybridized carbons (Fsp3) is 0.172. The molecular formula is C29H26N2. The zero-order chi connectivity index (χ0) is 20.9. The maximum atomic E-state index is 2.56. The van der Waals surface area contributed by atoms with E-state index in [1.54, 1.807) is 0 Å². The Kier molecular flexibility index (Phi) is 4.14. The van der Waals surface area contributed by atoms with E-state index in [-0.39, 0.29) is 0 Å². The first-order chi connectivity index (χ1) is 15.2. The van der Waals surface area contributed by atoms with E-state index in [0.717, 1.165) is 19.8 Å². The predicted molar refractivity (Wildman–Crippen MR) is 130 cm³/mol. The first-order valence-corrected chi connectivity index (χ1v) is 11.0. The average Bonchev–Trinajstić information content (AvgIpc) is 2.79. The summed E-state index contributed by atoms with van der Waals surface area (Å²) in [5.74, 6) is 0. The van der Waals surface area contributed by atoms with Gasteiger partial charge in [-0.1, -0.05) is 60.7 Å². The van der Waals surface area contributed by atoms with Crippen molar-refractivity contribution in [2.75, 3.05) is 16.5 Å². The van der Waals surface area contributed by atoms with Crippen molar-refractivity contribution in [3.8, 4) is 22.3 Å². The van der Waals surface area contributed by atoms with Gasteiger partial charge in [-0.15, -0.1) is 0 Å². The van der Waals surface area contributed by atoms with E-state index in [2.05, 4.69) is 109 Å². The molecule has 2 aliphatic rings. The van der Waals surface area contributed by atoms with E-state index in [1.165, 1.54) is 55.9 Å². The Bertz CT molecular complexity index is 1170. The fourth-order valence-electron chi connectivity index (χ4n) is 5.46. The number of rotatable bonds is 2. The van der Waals surface area contributed by atoms with Crippen LogP contribution in [0.1, 0.15) is 22.3 Å². The second kappa shape index (κ2) is 7.02. The van der Waals surface area contributed by atoms with Crippen molar-refractivity contribution in [2.24, 2.45) is 0 Å². The summed E-state index contributed by atoms with van der Waals surface area (Å²) in [5.41, 5.74) is 13.7. The Hall–Kier alpha value is -3.52. The highest BCUT2D eigenvalue weighted by Crippen LogP contribution is 2.43. The summed E-state index contributed by atoms with van der Waals surface area (Å²) in [5, 5.41) is 0. The van der Waals surface area contributed by atoms with E-state index >= 15 is 0 Å². The fourth-order valence-corrected chi connectivity index (χ4v) is 5.46. The Labute approximate surface area is 184 Å². The Morgan fingerprint density at radius 2 is 0.935 bits per heavy atom. The van der Waals surface area contributed by atoms with Crippen molar-refractivity contribution in [3.63, 3.8) is 0 Å². The van der Waals surface area contributed by atoms with Gasteiger partial charge in [0.2, 0.25) is 0 Å². The molecule has 31 heavy (non-hydrogen) atoms. The molecule has 4 aromatic rings. The third kappa shape index (κ3) is 3.02. The lowest BCUT2D eigenvalue weighted by Gasteiger charge is -2.46. The molecule has 2 nitrogen and oxygen atoms in total. The van der Waals surface area contributed by atoms with E-state index in [0.29, 0.717) is 0 Å². The lowest BCUT2D eigenvalue weighted by Crippen LogP contribution is -2.46. The number of nitrogens with zero attached hydrogens (tertiary/aromatic N) is 2. The zero-order valence-corrected chi connectivity index (χ0v) is 18.1. The SMILES string of the molecule is Cc1cc(-c2ccccc2)cc2c1N1Cc3cc(-c4ccccc4)cc(C)c3N(C2)C1. The van der Waals surface area contributed by atoms with Crippen molar-refractivity contribution < 1.29 is 0 Å². The van der Waals surface area contributed by atoms with Gasteiger partial charge in [0.15, 0.2) is 0 Å². The van der Waals surface area contributed by atoms with E-state index in [1.807, 2.05) is 0 Å². The standard InChI is InChI=1S/C29H26N2/c1-20-13-24(22-9-5-3-6-10-22)15-26-17-31-19-30(28(20)26)18-27-16-25(14-21(2)29(27)31)23-11-7-4-8-12-23/h3-16H,17-19H2,1-2H3. The Morgan fingerprint density at radius 3 is 1.35 bits per heavy atom. The van der Waals surface area contributed by atoms with Crippen LogP contribution in [-0.4, -0.2) is 6.67 Å². The van der Waals surface area contributed by atoms with Gasteiger partial charge in [0.05, 0.1) is 6.67 Å². The molecule has 2 heteroatoms. The van der Waals surface area contributed by atoms with Gasteiger partial charge in [-0.3, -0.25) is 0 Å². The highest BCUT2D eigenvalue weighted by atomic mass is 15.4. The van der Waals surface area contributed by atoms with Crippen LogP contribution in [0.3, 0.4) is 0 Å². The molecule has 2 aliphatic heterocycles. The minimum Gasteiger partial charge on any atom is -0.349 e. The number of benzene rings is 4.